The molecular weight excluding hydrogens is 212 g/mol. The van der Waals surface area contributed by atoms with E-state index >= 15 is 0 Å². The molecule has 1 heterocycles. The molecule has 2 aliphatic rings. The lowest BCUT2D eigenvalue weighted by molar-refractivity contribution is -0.120. The van der Waals surface area contributed by atoms with Crippen LogP contribution in [0.15, 0.2) is 12.3 Å². The molecule has 2 aliphatic carbocycles. The third-order valence-corrected chi connectivity index (χ3v) is 4.58. The number of rotatable bonds is 4. The Bertz CT molecular complexity index is 412. The van der Waals surface area contributed by atoms with Crippen LogP contribution in [-0.2, 0) is 18.3 Å². The maximum Gasteiger partial charge on any atom is 0.136 e. The first-order chi connectivity index (χ1) is 8.27. The number of aryl methyl sites for hydroxylation is 2. The van der Waals surface area contributed by atoms with E-state index in [1.165, 1.54) is 31.4 Å². The topological polar surface area (TPSA) is 34.9 Å². The number of hydrogen-bond acceptors (Lipinski definition) is 2. The zero-order valence-electron chi connectivity index (χ0n) is 10.4. The molecule has 0 bridgehead atoms. The zero-order valence-corrected chi connectivity index (χ0v) is 10.4. The molecule has 0 spiro atoms. The fourth-order valence-electron chi connectivity index (χ4n) is 3.53. The van der Waals surface area contributed by atoms with Crippen LogP contribution < -0.4 is 0 Å². The summed E-state index contributed by atoms with van der Waals surface area (Å²) in [6, 6.07) is 2.01. The number of aromatic nitrogens is 2. The summed E-state index contributed by atoms with van der Waals surface area (Å²) in [5, 5.41) is 4.13. The molecule has 2 unspecified atom stereocenters. The lowest BCUT2D eigenvalue weighted by Gasteiger charge is -2.04. The van der Waals surface area contributed by atoms with Crippen molar-refractivity contribution in [2.45, 2.75) is 38.5 Å². The molecule has 0 saturated heterocycles. The van der Waals surface area contributed by atoms with Crippen LogP contribution >= 0.6 is 0 Å². The molecule has 0 aromatic carbocycles. The summed E-state index contributed by atoms with van der Waals surface area (Å²) in [6.07, 6.45) is 8.64. The Morgan fingerprint density at radius 2 is 2.12 bits per heavy atom. The van der Waals surface area contributed by atoms with Gasteiger partial charge in [0, 0.05) is 31.3 Å². The molecule has 92 valence electrons. The molecule has 0 amide bonds. The number of ketones is 1. The molecule has 17 heavy (non-hydrogen) atoms. The highest BCUT2D eigenvalue weighted by atomic mass is 16.1. The highest BCUT2D eigenvalue weighted by molar-refractivity contribution is 5.84. The average molecular weight is 232 g/mol. The first-order valence-corrected chi connectivity index (χ1v) is 6.77. The quantitative estimate of drug-likeness (QED) is 0.798. The third kappa shape index (κ3) is 2.03. The molecule has 2 fully saturated rings. The molecule has 0 N–H and O–H groups in total. The van der Waals surface area contributed by atoms with Crippen molar-refractivity contribution >= 4 is 5.78 Å². The van der Waals surface area contributed by atoms with Gasteiger partial charge in [-0.3, -0.25) is 9.48 Å². The van der Waals surface area contributed by atoms with Crippen LogP contribution in [0.5, 0.6) is 0 Å². The number of Topliss-reactive ketones (excluding diaryl/α,β-unsaturated/α-hetero) is 1. The van der Waals surface area contributed by atoms with Crippen LogP contribution in [0.25, 0.3) is 0 Å². The minimum absolute atomic E-state index is 0.422. The van der Waals surface area contributed by atoms with Gasteiger partial charge in [0.05, 0.1) is 0 Å². The van der Waals surface area contributed by atoms with Gasteiger partial charge < -0.3 is 0 Å². The van der Waals surface area contributed by atoms with Gasteiger partial charge in [0.2, 0.25) is 0 Å². The van der Waals surface area contributed by atoms with Crippen molar-refractivity contribution in [2.24, 2.45) is 24.8 Å². The fraction of sp³-hybridized carbons (Fsp3) is 0.714. The zero-order chi connectivity index (χ0) is 11.8. The van der Waals surface area contributed by atoms with E-state index < -0.39 is 0 Å². The van der Waals surface area contributed by atoms with Gasteiger partial charge in [0.25, 0.3) is 0 Å². The largest absolute Gasteiger partial charge is 0.299 e. The Morgan fingerprint density at radius 1 is 1.41 bits per heavy atom. The second-order valence-corrected chi connectivity index (χ2v) is 5.55. The van der Waals surface area contributed by atoms with Gasteiger partial charge in [-0.15, -0.1) is 0 Å². The maximum absolute atomic E-state index is 12.1. The molecule has 3 rings (SSSR count). The normalized spacial score (nSPS) is 31.0. The molecule has 0 radical (unpaired) electrons. The van der Waals surface area contributed by atoms with E-state index in [0.717, 1.165) is 18.3 Å². The van der Waals surface area contributed by atoms with Crippen molar-refractivity contribution in [1.82, 2.24) is 9.78 Å². The second kappa shape index (κ2) is 4.28. The molecule has 1 aromatic rings. The van der Waals surface area contributed by atoms with Gasteiger partial charge in [-0.1, -0.05) is 12.8 Å². The lowest BCUT2D eigenvalue weighted by Crippen LogP contribution is -2.07. The van der Waals surface area contributed by atoms with E-state index in [1.54, 1.807) is 6.20 Å². The standard InChI is InChI=1S/C14H20N2O/c1-16-10(8-9-15-16)6-7-13(17)14-11-4-2-3-5-12(11)14/h8-9,11-12,14H,2-7H2,1H3. The summed E-state index contributed by atoms with van der Waals surface area (Å²) in [7, 11) is 1.94. The minimum Gasteiger partial charge on any atom is -0.299 e. The molecule has 2 atom stereocenters. The highest BCUT2D eigenvalue weighted by Gasteiger charge is 2.53. The Hall–Kier alpha value is -1.12. The van der Waals surface area contributed by atoms with Crippen molar-refractivity contribution in [3.05, 3.63) is 18.0 Å². The van der Waals surface area contributed by atoms with Crippen molar-refractivity contribution in [3.8, 4) is 0 Å². The van der Waals surface area contributed by atoms with E-state index in [0.29, 0.717) is 18.1 Å². The van der Waals surface area contributed by atoms with Crippen molar-refractivity contribution in [1.29, 1.82) is 0 Å². The number of nitrogens with zero attached hydrogens (tertiary/aromatic N) is 2. The van der Waals surface area contributed by atoms with Gasteiger partial charge in [0.15, 0.2) is 0 Å². The first kappa shape index (κ1) is 11.0. The molecule has 3 heteroatoms. The molecule has 3 nitrogen and oxygen atoms in total. The monoisotopic (exact) mass is 232 g/mol. The Morgan fingerprint density at radius 3 is 2.71 bits per heavy atom. The van der Waals surface area contributed by atoms with Crippen molar-refractivity contribution < 1.29 is 4.79 Å². The number of hydrogen-bond donors (Lipinski definition) is 0. The summed E-state index contributed by atoms with van der Waals surface area (Å²) in [4.78, 5) is 12.1. The van der Waals surface area contributed by atoms with Crippen LogP contribution in [0.2, 0.25) is 0 Å². The van der Waals surface area contributed by atoms with Gasteiger partial charge in [-0.25, -0.2) is 0 Å². The summed E-state index contributed by atoms with van der Waals surface area (Å²) < 4.78 is 1.87. The Kier molecular flexibility index (Phi) is 2.77. The van der Waals surface area contributed by atoms with Crippen molar-refractivity contribution in [3.63, 3.8) is 0 Å². The predicted molar refractivity (Wildman–Crippen MR) is 65.5 cm³/mol. The van der Waals surface area contributed by atoms with Gasteiger partial charge in [-0.05, 0) is 37.2 Å². The number of fused-ring (bicyclic) bond motifs is 1. The first-order valence-electron chi connectivity index (χ1n) is 6.77. The maximum atomic E-state index is 12.1. The van der Waals surface area contributed by atoms with E-state index in [9.17, 15) is 4.79 Å². The Labute approximate surface area is 102 Å². The minimum atomic E-state index is 0.422. The number of carbonyl (C=O) groups excluding carboxylic acids is 1. The lowest BCUT2D eigenvalue weighted by atomic mass is 10.0. The SMILES string of the molecule is Cn1nccc1CCC(=O)C1C2CCCCC21. The van der Waals surface area contributed by atoms with Crippen LogP contribution in [0.3, 0.4) is 0 Å². The van der Waals surface area contributed by atoms with Crippen LogP contribution in [0, 0.1) is 17.8 Å². The van der Waals surface area contributed by atoms with Gasteiger partial charge >= 0.3 is 0 Å². The third-order valence-electron chi connectivity index (χ3n) is 4.58. The predicted octanol–water partition coefficient (Wildman–Crippen LogP) is 2.36. The summed E-state index contributed by atoms with van der Waals surface area (Å²) in [6.45, 7) is 0. The van der Waals surface area contributed by atoms with E-state index in [1.807, 2.05) is 17.8 Å². The highest BCUT2D eigenvalue weighted by Crippen LogP contribution is 2.56. The summed E-state index contributed by atoms with van der Waals surface area (Å²) >= 11 is 0. The second-order valence-electron chi connectivity index (χ2n) is 5.55. The summed E-state index contributed by atoms with van der Waals surface area (Å²) in [5.74, 6) is 2.43. The Balaban J connectivity index is 1.53. The fourth-order valence-corrected chi connectivity index (χ4v) is 3.53. The average Bonchev–Trinajstić information content (AvgIpc) is 2.94. The molecule has 0 aliphatic heterocycles. The van der Waals surface area contributed by atoms with Crippen LogP contribution in [0.1, 0.15) is 37.8 Å². The van der Waals surface area contributed by atoms with Gasteiger partial charge in [-0.2, -0.15) is 5.10 Å². The van der Waals surface area contributed by atoms with Crippen molar-refractivity contribution in [2.75, 3.05) is 0 Å². The van der Waals surface area contributed by atoms with E-state index in [-0.39, 0.29) is 0 Å². The number of carbonyl (C=O) groups is 1. The molecule has 1 aromatic heterocycles. The van der Waals surface area contributed by atoms with Crippen LogP contribution in [0.4, 0.5) is 0 Å². The van der Waals surface area contributed by atoms with Gasteiger partial charge in [0.1, 0.15) is 5.78 Å². The summed E-state index contributed by atoms with van der Waals surface area (Å²) in [5.41, 5.74) is 1.17. The van der Waals surface area contributed by atoms with E-state index in [2.05, 4.69) is 5.10 Å². The molecular formula is C14H20N2O. The molecule has 2 saturated carbocycles. The van der Waals surface area contributed by atoms with E-state index in [4.69, 9.17) is 0 Å². The smallest absolute Gasteiger partial charge is 0.136 e. The van der Waals surface area contributed by atoms with Crippen LogP contribution in [-0.4, -0.2) is 15.6 Å².